The smallest absolute Gasteiger partial charge is 0.206 e. The molecule has 0 aliphatic carbocycles. The molecule has 5 N–H and O–H groups in total. The van der Waals surface area contributed by atoms with Gasteiger partial charge in [0.2, 0.25) is 5.95 Å². The highest BCUT2D eigenvalue weighted by molar-refractivity contribution is 5.79. The molecule has 3 heterocycles. The Labute approximate surface area is 263 Å². The Morgan fingerprint density at radius 2 is 1.76 bits per heavy atom. The van der Waals surface area contributed by atoms with E-state index in [4.69, 9.17) is 14.5 Å². The molecule has 0 saturated carbocycles. The van der Waals surface area contributed by atoms with E-state index >= 15 is 0 Å². The van der Waals surface area contributed by atoms with E-state index in [0.29, 0.717) is 24.6 Å². The number of anilines is 1. The first-order chi connectivity index (χ1) is 21.8. The van der Waals surface area contributed by atoms with Crippen LogP contribution in [0.2, 0.25) is 0 Å². The van der Waals surface area contributed by atoms with Crippen molar-refractivity contribution in [2.45, 2.75) is 69.3 Å². The lowest BCUT2D eigenvalue weighted by Gasteiger charge is -2.29. The quantitative estimate of drug-likeness (QED) is 0.150. The van der Waals surface area contributed by atoms with Crippen molar-refractivity contribution in [3.63, 3.8) is 0 Å². The summed E-state index contributed by atoms with van der Waals surface area (Å²) in [6.45, 7) is 5.05. The van der Waals surface area contributed by atoms with Crippen molar-refractivity contribution in [1.82, 2.24) is 14.5 Å². The van der Waals surface area contributed by atoms with Crippen LogP contribution in [0.25, 0.3) is 22.2 Å². The number of para-hydroxylation sites is 2. The minimum atomic E-state index is -1.65. The Balaban J connectivity index is 1.19. The van der Waals surface area contributed by atoms with Gasteiger partial charge in [-0.1, -0.05) is 54.6 Å². The molecule has 2 fully saturated rings. The number of hydrogen-bond donors (Lipinski definition) is 5. The first-order valence-electron chi connectivity index (χ1n) is 15.9. The zero-order valence-electron chi connectivity index (χ0n) is 25.8. The molecule has 0 spiro atoms. The number of ether oxygens (including phenoxy) is 2. The molecular formula is C35H44N4O6. The number of piperidine rings is 1. The molecule has 240 valence electrons. The Morgan fingerprint density at radius 3 is 2.51 bits per heavy atom. The maximum absolute atomic E-state index is 11.3. The third-order valence-corrected chi connectivity index (χ3v) is 9.03. The molecule has 10 nitrogen and oxygen atoms in total. The molecule has 6 rings (SSSR count). The zero-order chi connectivity index (χ0) is 31.4. The number of nitrogens with zero attached hydrogens (tertiary/aromatic N) is 3. The van der Waals surface area contributed by atoms with Gasteiger partial charge in [-0.2, -0.15) is 0 Å². The van der Waals surface area contributed by atoms with Crippen molar-refractivity contribution in [3.05, 3.63) is 78.4 Å². The molecule has 2 aliphatic rings. The maximum atomic E-state index is 11.3. The Bertz CT molecular complexity index is 1550. The standard InChI is InChI=1S/C35H44N4O6/c1-35(43)32(42)31(23-40)45-33(35)39-29-12-6-5-11-28(29)37-34(39)36-22-24-13-14-27(25-9-3-2-4-10-25)30(21-24)44-20-8-7-17-38-18-15-26(41)16-19-38/h2-6,9-14,21,26,31-33,40-43H,7-8,15-20,22-23H2,1H3,(H,36,37)/t31-,32-,33-,35?/m1/s1. The van der Waals surface area contributed by atoms with E-state index in [0.717, 1.165) is 73.3 Å². The second kappa shape index (κ2) is 13.9. The molecule has 4 atom stereocenters. The van der Waals surface area contributed by atoms with Crippen molar-refractivity contribution in [3.8, 4) is 16.9 Å². The summed E-state index contributed by atoms with van der Waals surface area (Å²) < 4.78 is 14.1. The topological polar surface area (TPSA) is 132 Å². The van der Waals surface area contributed by atoms with Crippen LogP contribution in [0.4, 0.5) is 5.95 Å². The van der Waals surface area contributed by atoms with Crippen molar-refractivity contribution >= 4 is 17.0 Å². The van der Waals surface area contributed by atoms with Gasteiger partial charge >= 0.3 is 0 Å². The van der Waals surface area contributed by atoms with E-state index < -0.39 is 30.6 Å². The number of unbranched alkanes of at least 4 members (excludes halogenated alkanes) is 1. The zero-order valence-corrected chi connectivity index (χ0v) is 25.8. The second-order valence-corrected chi connectivity index (χ2v) is 12.4. The van der Waals surface area contributed by atoms with Crippen molar-refractivity contribution in [2.75, 3.05) is 38.2 Å². The number of imidazole rings is 1. The van der Waals surface area contributed by atoms with Gasteiger partial charge in [-0.05, 0) is 68.5 Å². The number of hydrogen-bond acceptors (Lipinski definition) is 9. The average Bonchev–Trinajstić information content (AvgIpc) is 3.53. The fourth-order valence-electron chi connectivity index (χ4n) is 6.37. The Morgan fingerprint density at radius 1 is 1.00 bits per heavy atom. The summed E-state index contributed by atoms with van der Waals surface area (Å²) in [4.78, 5) is 7.20. The molecule has 4 aromatic rings. The fraction of sp³-hybridized carbons (Fsp3) is 0.457. The SMILES string of the molecule is CC1(O)[C@H](O)[C@@H](CO)O[C@H]1n1c(NCc2ccc(-c3ccccc3)c(OCCCCN3CCC(O)CC3)c2)nc2ccccc21. The van der Waals surface area contributed by atoms with Gasteiger partial charge < -0.3 is 40.1 Å². The molecule has 10 heteroatoms. The lowest BCUT2D eigenvalue weighted by atomic mass is 9.96. The number of likely N-dealkylation sites (tertiary alicyclic amines) is 1. The predicted octanol–water partition coefficient (Wildman–Crippen LogP) is 3.93. The van der Waals surface area contributed by atoms with Crippen LogP contribution in [0.5, 0.6) is 5.75 Å². The number of aliphatic hydroxyl groups excluding tert-OH is 3. The van der Waals surface area contributed by atoms with Crippen LogP contribution in [0, 0.1) is 0 Å². The van der Waals surface area contributed by atoms with Gasteiger partial charge in [0, 0.05) is 25.2 Å². The first kappa shape index (κ1) is 31.5. The van der Waals surface area contributed by atoms with Crippen molar-refractivity contribution in [1.29, 1.82) is 0 Å². The summed E-state index contributed by atoms with van der Waals surface area (Å²) in [5, 5.41) is 44.9. The minimum absolute atomic E-state index is 0.153. The summed E-state index contributed by atoms with van der Waals surface area (Å²) in [6.07, 6.45) is 0.373. The molecular weight excluding hydrogens is 572 g/mol. The van der Waals surface area contributed by atoms with E-state index in [-0.39, 0.29) is 6.10 Å². The van der Waals surface area contributed by atoms with E-state index in [9.17, 15) is 20.4 Å². The Kier molecular flexibility index (Phi) is 9.70. The summed E-state index contributed by atoms with van der Waals surface area (Å²) in [6, 6.07) is 24.0. The third-order valence-electron chi connectivity index (χ3n) is 9.03. The van der Waals surface area contributed by atoms with Crippen LogP contribution in [0.1, 0.15) is 44.4 Å². The number of nitrogens with one attached hydrogen (secondary N) is 1. The van der Waals surface area contributed by atoms with E-state index in [2.05, 4.69) is 40.5 Å². The molecule has 45 heavy (non-hydrogen) atoms. The highest BCUT2D eigenvalue weighted by Crippen LogP contribution is 2.41. The molecule has 2 aliphatic heterocycles. The summed E-state index contributed by atoms with van der Waals surface area (Å²) in [5.41, 5.74) is 2.89. The second-order valence-electron chi connectivity index (χ2n) is 12.4. The highest BCUT2D eigenvalue weighted by Gasteiger charge is 2.53. The number of aliphatic hydroxyl groups is 4. The average molecular weight is 617 g/mol. The van der Waals surface area contributed by atoms with E-state index in [1.54, 1.807) is 4.57 Å². The van der Waals surface area contributed by atoms with E-state index in [1.807, 2.05) is 42.5 Å². The maximum Gasteiger partial charge on any atom is 0.206 e. The van der Waals surface area contributed by atoms with Crippen LogP contribution in [0.15, 0.2) is 72.8 Å². The molecule has 0 radical (unpaired) electrons. The van der Waals surface area contributed by atoms with Gasteiger partial charge in [-0.3, -0.25) is 4.57 Å². The van der Waals surface area contributed by atoms with E-state index in [1.165, 1.54) is 6.92 Å². The summed E-state index contributed by atoms with van der Waals surface area (Å²) in [7, 11) is 0. The lowest BCUT2D eigenvalue weighted by molar-refractivity contribution is -0.0939. The van der Waals surface area contributed by atoms with Crippen LogP contribution in [0.3, 0.4) is 0 Å². The van der Waals surface area contributed by atoms with Crippen molar-refractivity contribution < 1.29 is 29.9 Å². The molecule has 0 amide bonds. The third kappa shape index (κ3) is 6.86. The number of fused-ring (bicyclic) bond motifs is 1. The largest absolute Gasteiger partial charge is 0.493 e. The van der Waals surface area contributed by atoms with Gasteiger partial charge in [-0.15, -0.1) is 0 Å². The number of rotatable bonds is 12. The predicted molar refractivity (Wildman–Crippen MR) is 173 cm³/mol. The van der Waals surface area contributed by atoms with Crippen LogP contribution >= 0.6 is 0 Å². The van der Waals surface area contributed by atoms with Crippen LogP contribution in [-0.4, -0.2) is 91.6 Å². The van der Waals surface area contributed by atoms with Gasteiger partial charge in [0.15, 0.2) is 6.23 Å². The van der Waals surface area contributed by atoms with Gasteiger partial charge in [0.1, 0.15) is 23.6 Å². The number of aromatic nitrogens is 2. The number of benzene rings is 3. The van der Waals surface area contributed by atoms with Crippen molar-refractivity contribution in [2.24, 2.45) is 0 Å². The fourth-order valence-corrected chi connectivity index (χ4v) is 6.37. The molecule has 2 saturated heterocycles. The van der Waals surface area contributed by atoms with Crippen LogP contribution < -0.4 is 10.1 Å². The molecule has 1 aromatic heterocycles. The van der Waals surface area contributed by atoms with Gasteiger partial charge in [0.25, 0.3) is 0 Å². The molecule has 0 bridgehead atoms. The Hall–Kier alpha value is -3.51. The highest BCUT2D eigenvalue weighted by atomic mass is 16.6. The van der Waals surface area contributed by atoms with Gasteiger partial charge in [0.05, 0.1) is 30.4 Å². The lowest BCUT2D eigenvalue weighted by Crippen LogP contribution is -2.44. The molecule has 1 unspecified atom stereocenters. The summed E-state index contributed by atoms with van der Waals surface area (Å²) in [5.74, 6) is 1.29. The monoisotopic (exact) mass is 616 g/mol. The van der Waals surface area contributed by atoms with Crippen LogP contribution in [-0.2, 0) is 11.3 Å². The van der Waals surface area contributed by atoms with Gasteiger partial charge in [-0.25, -0.2) is 4.98 Å². The summed E-state index contributed by atoms with van der Waals surface area (Å²) >= 11 is 0. The normalized spacial score (nSPS) is 24.3. The first-order valence-corrected chi connectivity index (χ1v) is 15.9. The molecule has 3 aromatic carbocycles. The minimum Gasteiger partial charge on any atom is -0.493 e.